The maximum Gasteiger partial charge on any atom is 0.0641 e. The number of aromatic nitrogens is 2. The quantitative estimate of drug-likeness (QED) is 0.855. The van der Waals surface area contributed by atoms with Crippen molar-refractivity contribution in [3.05, 3.63) is 17.0 Å². The first-order valence-electron chi connectivity index (χ1n) is 7.11. The normalized spacial score (nSPS) is 16.6. The van der Waals surface area contributed by atoms with E-state index in [9.17, 15) is 0 Å². The Morgan fingerprint density at radius 3 is 2.63 bits per heavy atom. The molecule has 1 aliphatic rings. The van der Waals surface area contributed by atoms with E-state index in [0.29, 0.717) is 12.5 Å². The second kappa shape index (κ2) is 5.34. The number of aryl methyl sites for hydroxylation is 1. The van der Waals surface area contributed by atoms with E-state index in [1.807, 2.05) is 0 Å². The van der Waals surface area contributed by atoms with Crippen LogP contribution in [0.3, 0.4) is 0 Å². The van der Waals surface area contributed by atoms with Gasteiger partial charge in [0, 0.05) is 42.2 Å². The maximum absolute atomic E-state index is 8.90. The molecule has 19 heavy (non-hydrogen) atoms. The lowest BCUT2D eigenvalue weighted by molar-refractivity contribution is 0.397. The third kappa shape index (κ3) is 3.16. The summed E-state index contributed by atoms with van der Waals surface area (Å²) in [5, 5.41) is 17.0. The molecule has 0 spiro atoms. The van der Waals surface area contributed by atoms with E-state index in [0.717, 1.165) is 18.8 Å². The van der Waals surface area contributed by atoms with Crippen molar-refractivity contribution in [1.29, 1.82) is 5.26 Å². The Hall–Kier alpha value is -1.34. The standard InChI is InChI=1S/C15H24N4/c1-11(2)17-9-14-12(3)18-19(13(14)4)10-15(5-6-15)7-8-16/h11,17H,5-7,9-10H2,1-4H3. The molecule has 104 valence electrons. The summed E-state index contributed by atoms with van der Waals surface area (Å²) in [6, 6.07) is 2.80. The van der Waals surface area contributed by atoms with Crippen molar-refractivity contribution in [3.63, 3.8) is 0 Å². The number of nitrogens with zero attached hydrogens (tertiary/aromatic N) is 3. The van der Waals surface area contributed by atoms with Gasteiger partial charge in [0.05, 0.1) is 11.8 Å². The van der Waals surface area contributed by atoms with Crippen LogP contribution in [-0.2, 0) is 13.1 Å². The average Bonchev–Trinajstić information content (AvgIpc) is 3.02. The monoisotopic (exact) mass is 260 g/mol. The lowest BCUT2D eigenvalue weighted by Gasteiger charge is -2.13. The Balaban J connectivity index is 2.11. The topological polar surface area (TPSA) is 53.6 Å². The van der Waals surface area contributed by atoms with Crippen molar-refractivity contribution < 1.29 is 0 Å². The van der Waals surface area contributed by atoms with Gasteiger partial charge in [0.1, 0.15) is 0 Å². The predicted molar refractivity (Wildman–Crippen MR) is 75.6 cm³/mol. The summed E-state index contributed by atoms with van der Waals surface area (Å²) in [6.45, 7) is 10.3. The predicted octanol–water partition coefficient (Wildman–Crippen LogP) is 2.69. The van der Waals surface area contributed by atoms with Crippen LogP contribution in [-0.4, -0.2) is 15.8 Å². The van der Waals surface area contributed by atoms with Crippen molar-refractivity contribution in [2.45, 2.75) is 66.1 Å². The number of hydrogen-bond acceptors (Lipinski definition) is 3. The fourth-order valence-corrected chi connectivity index (χ4v) is 2.50. The minimum absolute atomic E-state index is 0.209. The summed E-state index contributed by atoms with van der Waals surface area (Å²) in [4.78, 5) is 0. The molecule has 1 heterocycles. The van der Waals surface area contributed by atoms with E-state index >= 15 is 0 Å². The minimum atomic E-state index is 0.209. The molecule has 0 radical (unpaired) electrons. The van der Waals surface area contributed by atoms with Gasteiger partial charge in [-0.25, -0.2) is 0 Å². The molecule has 1 aliphatic carbocycles. The summed E-state index contributed by atoms with van der Waals surface area (Å²) in [6.07, 6.45) is 2.99. The Morgan fingerprint density at radius 1 is 1.42 bits per heavy atom. The Morgan fingerprint density at radius 2 is 2.11 bits per heavy atom. The number of nitrogens with one attached hydrogen (secondary N) is 1. The van der Waals surface area contributed by atoms with Crippen LogP contribution >= 0.6 is 0 Å². The van der Waals surface area contributed by atoms with Crippen molar-refractivity contribution in [3.8, 4) is 6.07 Å². The number of hydrogen-bond donors (Lipinski definition) is 1. The summed E-state index contributed by atoms with van der Waals surface area (Å²) in [5.74, 6) is 0. The SMILES string of the molecule is Cc1nn(CC2(CC#N)CC2)c(C)c1CNC(C)C. The highest BCUT2D eigenvalue weighted by atomic mass is 15.3. The lowest BCUT2D eigenvalue weighted by atomic mass is 10.0. The molecule has 0 atom stereocenters. The molecular weight excluding hydrogens is 236 g/mol. The van der Waals surface area contributed by atoms with Crippen molar-refractivity contribution in [1.82, 2.24) is 15.1 Å². The van der Waals surface area contributed by atoms with Crippen molar-refractivity contribution in [2.24, 2.45) is 5.41 Å². The second-order valence-electron chi connectivity index (χ2n) is 6.18. The first-order valence-corrected chi connectivity index (χ1v) is 7.11. The molecule has 4 nitrogen and oxygen atoms in total. The van der Waals surface area contributed by atoms with Crippen LogP contribution in [0.1, 0.15) is 50.1 Å². The molecule has 0 bridgehead atoms. The molecule has 0 saturated heterocycles. The molecule has 0 amide bonds. The van der Waals surface area contributed by atoms with Crippen LogP contribution in [0, 0.1) is 30.6 Å². The van der Waals surface area contributed by atoms with E-state index in [-0.39, 0.29) is 5.41 Å². The molecule has 0 aliphatic heterocycles. The van der Waals surface area contributed by atoms with E-state index < -0.39 is 0 Å². The molecule has 1 fully saturated rings. The first kappa shape index (κ1) is 14.1. The van der Waals surface area contributed by atoms with Crippen molar-refractivity contribution in [2.75, 3.05) is 0 Å². The molecule has 1 saturated carbocycles. The van der Waals surface area contributed by atoms with E-state index in [4.69, 9.17) is 5.26 Å². The van der Waals surface area contributed by atoms with E-state index in [2.05, 4.69) is 48.9 Å². The van der Waals surface area contributed by atoms with Gasteiger partial charge < -0.3 is 5.32 Å². The smallest absolute Gasteiger partial charge is 0.0641 e. The molecule has 1 aromatic heterocycles. The largest absolute Gasteiger partial charge is 0.310 e. The molecule has 0 aromatic carbocycles. The van der Waals surface area contributed by atoms with E-state index in [1.165, 1.54) is 24.1 Å². The fourth-order valence-electron chi connectivity index (χ4n) is 2.50. The number of rotatable bonds is 6. The highest BCUT2D eigenvalue weighted by Gasteiger charge is 2.43. The third-order valence-corrected chi connectivity index (χ3v) is 4.11. The van der Waals surface area contributed by atoms with E-state index in [1.54, 1.807) is 0 Å². The molecule has 1 aromatic rings. The molecular formula is C15H24N4. The van der Waals surface area contributed by atoms with Crippen LogP contribution in [0.2, 0.25) is 0 Å². The zero-order valence-electron chi connectivity index (χ0n) is 12.5. The summed E-state index contributed by atoms with van der Waals surface area (Å²) in [5.41, 5.74) is 3.87. The van der Waals surface area contributed by atoms with Gasteiger partial charge in [0.15, 0.2) is 0 Å². The van der Waals surface area contributed by atoms with Gasteiger partial charge in [-0.15, -0.1) is 0 Å². The van der Waals surface area contributed by atoms with Gasteiger partial charge in [0.2, 0.25) is 0 Å². The van der Waals surface area contributed by atoms with Crippen LogP contribution in [0.5, 0.6) is 0 Å². The zero-order valence-corrected chi connectivity index (χ0v) is 12.5. The van der Waals surface area contributed by atoms with Gasteiger partial charge in [-0.3, -0.25) is 4.68 Å². The Labute approximate surface area is 115 Å². The second-order valence-corrected chi connectivity index (χ2v) is 6.18. The third-order valence-electron chi connectivity index (χ3n) is 4.11. The van der Waals surface area contributed by atoms with Crippen LogP contribution in [0.15, 0.2) is 0 Å². The van der Waals surface area contributed by atoms with Crippen LogP contribution in [0.4, 0.5) is 0 Å². The fraction of sp³-hybridized carbons (Fsp3) is 0.733. The van der Waals surface area contributed by atoms with Gasteiger partial charge in [-0.1, -0.05) is 13.8 Å². The van der Waals surface area contributed by atoms with Gasteiger partial charge in [0.25, 0.3) is 0 Å². The Bertz CT molecular complexity index is 489. The molecule has 4 heteroatoms. The van der Waals surface area contributed by atoms with Crippen molar-refractivity contribution >= 4 is 0 Å². The molecule has 0 unspecified atom stereocenters. The minimum Gasteiger partial charge on any atom is -0.310 e. The maximum atomic E-state index is 8.90. The summed E-state index contributed by atoms with van der Waals surface area (Å²) in [7, 11) is 0. The van der Waals surface area contributed by atoms with Crippen LogP contribution in [0.25, 0.3) is 0 Å². The molecule has 2 rings (SSSR count). The van der Waals surface area contributed by atoms with Gasteiger partial charge in [-0.2, -0.15) is 10.4 Å². The highest BCUT2D eigenvalue weighted by Crippen LogP contribution is 2.50. The highest BCUT2D eigenvalue weighted by molar-refractivity contribution is 5.24. The first-order chi connectivity index (χ1) is 8.97. The Kier molecular flexibility index (Phi) is 3.96. The average molecular weight is 260 g/mol. The van der Waals surface area contributed by atoms with Gasteiger partial charge >= 0.3 is 0 Å². The number of nitriles is 1. The summed E-state index contributed by atoms with van der Waals surface area (Å²) >= 11 is 0. The van der Waals surface area contributed by atoms with Crippen LogP contribution < -0.4 is 5.32 Å². The zero-order chi connectivity index (χ0) is 14.0. The van der Waals surface area contributed by atoms with Gasteiger partial charge in [-0.05, 0) is 26.7 Å². The molecule has 1 N–H and O–H groups in total. The lowest BCUT2D eigenvalue weighted by Crippen LogP contribution is -2.22. The summed E-state index contributed by atoms with van der Waals surface area (Å²) < 4.78 is 2.11.